The quantitative estimate of drug-likeness (QED) is 0.509. The van der Waals surface area contributed by atoms with Crippen LogP contribution in [0.2, 0.25) is 0 Å². The van der Waals surface area contributed by atoms with Gasteiger partial charge in [0.25, 0.3) is 0 Å². The van der Waals surface area contributed by atoms with Crippen molar-refractivity contribution in [1.29, 1.82) is 0 Å². The van der Waals surface area contributed by atoms with Crippen LogP contribution in [0.1, 0.15) is 41.0 Å². The van der Waals surface area contributed by atoms with E-state index in [0.717, 1.165) is 41.5 Å². The highest BCUT2D eigenvalue weighted by molar-refractivity contribution is 5.83. The summed E-state index contributed by atoms with van der Waals surface area (Å²) in [5, 5.41) is 9.07. The number of carbonyl (C=O) groups excluding carboxylic acids is 1. The van der Waals surface area contributed by atoms with E-state index in [4.69, 9.17) is 15.6 Å². The first-order valence-corrected chi connectivity index (χ1v) is 11.3. The standard InChI is InChI=1S/C28H29NO4/c29-27(32)28(17-20-9-3-1-4-10-20,18-21-11-5-2-6-12-21)24-15-7-14-23-22(24)13-8-16-25(23)33-19-26(30)31/h1-6,8-13,16,24H,7,14-15,17-19H2,(H2,29,32)(H,30,31). The molecule has 3 N–H and O–H groups in total. The van der Waals surface area contributed by atoms with E-state index in [2.05, 4.69) is 0 Å². The number of hydrogen-bond donors (Lipinski definition) is 2. The van der Waals surface area contributed by atoms with Gasteiger partial charge in [-0.05, 0) is 66.3 Å². The largest absolute Gasteiger partial charge is 0.482 e. The van der Waals surface area contributed by atoms with Gasteiger partial charge in [0.05, 0.1) is 5.41 Å². The molecular formula is C28H29NO4. The predicted octanol–water partition coefficient (Wildman–Crippen LogP) is 4.53. The molecule has 0 bridgehead atoms. The molecule has 1 unspecified atom stereocenters. The fourth-order valence-electron chi connectivity index (χ4n) is 5.24. The Morgan fingerprint density at radius 1 is 0.909 bits per heavy atom. The molecule has 1 aliphatic carbocycles. The normalized spacial score (nSPS) is 15.5. The molecule has 170 valence electrons. The first-order valence-electron chi connectivity index (χ1n) is 11.3. The van der Waals surface area contributed by atoms with E-state index < -0.39 is 18.0 Å². The molecule has 0 spiro atoms. The van der Waals surface area contributed by atoms with Gasteiger partial charge < -0.3 is 15.6 Å². The van der Waals surface area contributed by atoms with Crippen LogP contribution in [0.3, 0.4) is 0 Å². The summed E-state index contributed by atoms with van der Waals surface area (Å²) in [6.07, 6.45) is 3.56. The fourth-order valence-corrected chi connectivity index (χ4v) is 5.24. The summed E-state index contributed by atoms with van der Waals surface area (Å²) in [5.74, 6) is -0.852. The fraction of sp³-hybridized carbons (Fsp3) is 0.286. The van der Waals surface area contributed by atoms with E-state index in [9.17, 15) is 9.59 Å². The highest BCUT2D eigenvalue weighted by Gasteiger charge is 2.46. The third kappa shape index (κ3) is 4.92. The van der Waals surface area contributed by atoms with Crippen LogP contribution in [-0.4, -0.2) is 23.6 Å². The molecule has 3 aromatic carbocycles. The average molecular weight is 444 g/mol. The molecule has 0 saturated heterocycles. The molecule has 0 aliphatic heterocycles. The number of carboxylic acids is 1. The minimum absolute atomic E-state index is 0.104. The van der Waals surface area contributed by atoms with E-state index in [0.29, 0.717) is 18.6 Å². The first-order chi connectivity index (χ1) is 16.0. The van der Waals surface area contributed by atoms with Crippen LogP contribution >= 0.6 is 0 Å². The van der Waals surface area contributed by atoms with Crippen LogP contribution in [0.15, 0.2) is 78.9 Å². The second-order valence-electron chi connectivity index (χ2n) is 8.80. The van der Waals surface area contributed by atoms with Gasteiger partial charge in [-0.25, -0.2) is 4.79 Å². The molecule has 0 saturated carbocycles. The lowest BCUT2D eigenvalue weighted by molar-refractivity contribution is -0.139. The molecule has 5 heteroatoms. The van der Waals surface area contributed by atoms with E-state index in [1.807, 2.05) is 78.9 Å². The third-order valence-corrected chi connectivity index (χ3v) is 6.70. The molecule has 0 heterocycles. The maximum absolute atomic E-state index is 13.4. The second-order valence-corrected chi connectivity index (χ2v) is 8.80. The van der Waals surface area contributed by atoms with Gasteiger partial charge in [-0.2, -0.15) is 0 Å². The molecule has 0 aromatic heterocycles. The Morgan fingerprint density at radius 3 is 2.06 bits per heavy atom. The monoisotopic (exact) mass is 443 g/mol. The highest BCUT2D eigenvalue weighted by Crippen LogP contribution is 2.49. The Kier molecular flexibility index (Phi) is 6.78. The van der Waals surface area contributed by atoms with Gasteiger partial charge in [0.2, 0.25) is 5.91 Å². The van der Waals surface area contributed by atoms with Gasteiger partial charge in [0.15, 0.2) is 6.61 Å². The summed E-state index contributed by atoms with van der Waals surface area (Å²) in [4.78, 5) is 24.4. The lowest BCUT2D eigenvalue weighted by Gasteiger charge is -2.42. The average Bonchev–Trinajstić information content (AvgIpc) is 2.83. The number of rotatable bonds is 9. The Labute approximate surface area is 194 Å². The summed E-state index contributed by atoms with van der Waals surface area (Å²) in [6.45, 7) is -0.393. The van der Waals surface area contributed by atoms with Crippen LogP contribution in [0.4, 0.5) is 0 Å². The van der Waals surface area contributed by atoms with Crippen LogP contribution in [0, 0.1) is 5.41 Å². The topological polar surface area (TPSA) is 89.6 Å². The molecule has 4 rings (SSSR count). The van der Waals surface area contributed by atoms with Gasteiger partial charge in [0.1, 0.15) is 5.75 Å². The molecule has 1 atom stereocenters. The lowest BCUT2D eigenvalue weighted by atomic mass is 9.61. The summed E-state index contributed by atoms with van der Waals surface area (Å²) >= 11 is 0. The zero-order chi connectivity index (χ0) is 23.3. The molecular weight excluding hydrogens is 414 g/mol. The van der Waals surface area contributed by atoms with Crippen molar-refractivity contribution in [2.75, 3.05) is 6.61 Å². The maximum atomic E-state index is 13.4. The zero-order valence-corrected chi connectivity index (χ0v) is 18.6. The van der Waals surface area contributed by atoms with Crippen molar-refractivity contribution in [1.82, 2.24) is 0 Å². The summed E-state index contributed by atoms with van der Waals surface area (Å²) in [7, 11) is 0. The van der Waals surface area contributed by atoms with Crippen LogP contribution < -0.4 is 10.5 Å². The molecule has 3 aromatic rings. The molecule has 0 fully saturated rings. The number of fused-ring (bicyclic) bond motifs is 1. The summed E-state index contributed by atoms with van der Waals surface area (Å²) < 4.78 is 5.61. The number of ether oxygens (including phenoxy) is 1. The van der Waals surface area contributed by atoms with Crippen molar-refractivity contribution in [2.45, 2.75) is 38.0 Å². The van der Waals surface area contributed by atoms with Gasteiger partial charge in [-0.1, -0.05) is 72.8 Å². The highest BCUT2D eigenvalue weighted by atomic mass is 16.5. The number of nitrogens with two attached hydrogens (primary N) is 1. The van der Waals surface area contributed by atoms with E-state index in [-0.39, 0.29) is 11.8 Å². The predicted molar refractivity (Wildman–Crippen MR) is 127 cm³/mol. The molecule has 1 amide bonds. The van der Waals surface area contributed by atoms with Crippen molar-refractivity contribution in [3.05, 3.63) is 101 Å². The van der Waals surface area contributed by atoms with Crippen LogP contribution in [-0.2, 0) is 28.9 Å². The smallest absolute Gasteiger partial charge is 0.341 e. The zero-order valence-electron chi connectivity index (χ0n) is 18.6. The number of benzene rings is 3. The number of carbonyl (C=O) groups is 2. The Balaban J connectivity index is 1.82. The summed E-state index contributed by atoms with van der Waals surface area (Å²) in [5.41, 5.74) is 9.57. The Bertz CT molecular complexity index is 1070. The van der Waals surface area contributed by atoms with Crippen LogP contribution in [0.5, 0.6) is 5.75 Å². The molecule has 33 heavy (non-hydrogen) atoms. The number of hydrogen-bond acceptors (Lipinski definition) is 3. The van der Waals surface area contributed by atoms with Crippen molar-refractivity contribution in [2.24, 2.45) is 11.1 Å². The van der Waals surface area contributed by atoms with E-state index in [1.54, 1.807) is 0 Å². The minimum Gasteiger partial charge on any atom is -0.482 e. The number of aliphatic carboxylic acids is 1. The SMILES string of the molecule is NC(=O)C(Cc1ccccc1)(Cc1ccccc1)C1CCCc2c(OCC(=O)O)cccc21. The Morgan fingerprint density at radius 2 is 1.52 bits per heavy atom. The summed E-state index contributed by atoms with van der Waals surface area (Å²) in [6, 6.07) is 25.8. The van der Waals surface area contributed by atoms with Crippen molar-refractivity contribution >= 4 is 11.9 Å². The van der Waals surface area contributed by atoms with Gasteiger partial charge in [-0.15, -0.1) is 0 Å². The van der Waals surface area contributed by atoms with Gasteiger partial charge in [-0.3, -0.25) is 4.79 Å². The van der Waals surface area contributed by atoms with Gasteiger partial charge in [0, 0.05) is 0 Å². The molecule has 5 nitrogen and oxygen atoms in total. The number of primary amides is 1. The Hall–Kier alpha value is -3.60. The van der Waals surface area contributed by atoms with E-state index in [1.165, 1.54) is 0 Å². The number of carboxylic acid groups (broad SMARTS) is 1. The maximum Gasteiger partial charge on any atom is 0.341 e. The molecule has 1 aliphatic rings. The number of amides is 1. The minimum atomic E-state index is -1.01. The third-order valence-electron chi connectivity index (χ3n) is 6.70. The van der Waals surface area contributed by atoms with E-state index >= 15 is 0 Å². The molecule has 0 radical (unpaired) electrons. The first kappa shape index (κ1) is 22.6. The lowest BCUT2D eigenvalue weighted by Crippen LogP contribution is -2.46. The van der Waals surface area contributed by atoms with Crippen LogP contribution in [0.25, 0.3) is 0 Å². The van der Waals surface area contributed by atoms with Crippen molar-refractivity contribution < 1.29 is 19.4 Å². The van der Waals surface area contributed by atoms with Gasteiger partial charge >= 0.3 is 5.97 Å². The van der Waals surface area contributed by atoms with Crippen molar-refractivity contribution in [3.63, 3.8) is 0 Å². The second kappa shape index (κ2) is 9.90. The van der Waals surface area contributed by atoms with Crippen molar-refractivity contribution in [3.8, 4) is 5.75 Å².